The van der Waals surface area contributed by atoms with E-state index in [9.17, 15) is 19.2 Å². The van der Waals surface area contributed by atoms with E-state index in [2.05, 4.69) is 34.4 Å². The summed E-state index contributed by atoms with van der Waals surface area (Å²) in [5.41, 5.74) is 1.60. The largest absolute Gasteiger partial charge is 0.492 e. The maximum Gasteiger partial charge on any atom is 0.325 e. The zero-order chi connectivity index (χ0) is 29.5. The number of thiazole rings is 1. The third kappa shape index (κ3) is 6.98. The number of likely N-dealkylation sites (N-methyl/N-ethyl adjacent to an activating group) is 1. The monoisotopic (exact) mass is 577 g/mol. The van der Waals surface area contributed by atoms with Gasteiger partial charge in [-0.3, -0.25) is 14.4 Å². The summed E-state index contributed by atoms with van der Waals surface area (Å²) in [6.45, 7) is 10.6. The minimum Gasteiger partial charge on any atom is -0.492 e. The first-order valence-electron chi connectivity index (χ1n) is 13.6. The molecule has 1 unspecified atom stereocenters. The lowest BCUT2D eigenvalue weighted by Crippen LogP contribution is -2.50. The van der Waals surface area contributed by atoms with Crippen molar-refractivity contribution in [3.8, 4) is 5.75 Å². The second-order valence-electron chi connectivity index (χ2n) is 9.76. The van der Waals surface area contributed by atoms with Gasteiger partial charge in [-0.1, -0.05) is 63.2 Å². The van der Waals surface area contributed by atoms with Crippen LogP contribution in [0, 0.1) is 0 Å². The Morgan fingerprint density at radius 3 is 2.39 bits per heavy atom. The summed E-state index contributed by atoms with van der Waals surface area (Å²) in [7, 11) is 0. The van der Waals surface area contributed by atoms with E-state index in [1.807, 2.05) is 30.3 Å². The Kier molecular flexibility index (Phi) is 9.85. The summed E-state index contributed by atoms with van der Waals surface area (Å²) in [6, 6.07) is 13.5. The number of rotatable bonds is 13. The van der Waals surface area contributed by atoms with Crippen molar-refractivity contribution < 1.29 is 23.9 Å². The minimum atomic E-state index is -1.16. The highest BCUT2D eigenvalue weighted by atomic mass is 32.1. The number of urea groups is 1. The van der Waals surface area contributed by atoms with Crippen molar-refractivity contribution in [2.45, 2.75) is 45.7 Å². The van der Waals surface area contributed by atoms with Gasteiger partial charge in [0.05, 0.1) is 0 Å². The lowest BCUT2D eigenvalue weighted by molar-refractivity contribution is -0.134. The molecule has 0 aliphatic carbocycles. The van der Waals surface area contributed by atoms with E-state index in [1.54, 1.807) is 36.6 Å². The molecule has 41 heavy (non-hydrogen) atoms. The Labute approximate surface area is 243 Å². The SMILES string of the molecule is CCN(CC)CCOc1ccc(C2NC(=O)N([C@H](C(=O)Nc3nc(C(C)=O)cs3)[C@@H](C)c3ccccc3)C2=O)cc1. The van der Waals surface area contributed by atoms with Crippen LogP contribution in [-0.4, -0.2) is 70.7 Å². The number of anilines is 1. The molecule has 1 aromatic heterocycles. The molecule has 1 aliphatic heterocycles. The third-order valence-electron chi connectivity index (χ3n) is 7.20. The first-order valence-corrected chi connectivity index (χ1v) is 14.5. The molecule has 0 radical (unpaired) electrons. The summed E-state index contributed by atoms with van der Waals surface area (Å²) >= 11 is 1.10. The highest BCUT2D eigenvalue weighted by molar-refractivity contribution is 7.14. The van der Waals surface area contributed by atoms with E-state index in [0.29, 0.717) is 17.9 Å². The molecule has 2 N–H and O–H groups in total. The van der Waals surface area contributed by atoms with E-state index < -0.39 is 35.8 Å². The predicted molar refractivity (Wildman–Crippen MR) is 157 cm³/mol. The van der Waals surface area contributed by atoms with Gasteiger partial charge in [0.15, 0.2) is 10.9 Å². The fraction of sp³-hybridized carbons (Fsp3) is 0.367. The Morgan fingerprint density at radius 2 is 1.78 bits per heavy atom. The molecule has 11 heteroatoms. The van der Waals surface area contributed by atoms with Gasteiger partial charge in [0.25, 0.3) is 5.91 Å². The maximum absolute atomic E-state index is 13.7. The number of benzene rings is 2. The molecule has 1 fully saturated rings. The molecule has 1 saturated heterocycles. The Morgan fingerprint density at radius 1 is 1.10 bits per heavy atom. The molecule has 1 aliphatic rings. The van der Waals surface area contributed by atoms with Crippen LogP contribution in [0.1, 0.15) is 61.3 Å². The van der Waals surface area contributed by atoms with Crippen molar-refractivity contribution in [2.24, 2.45) is 0 Å². The van der Waals surface area contributed by atoms with Crippen molar-refractivity contribution in [1.29, 1.82) is 0 Å². The number of nitrogens with zero attached hydrogens (tertiary/aromatic N) is 3. The van der Waals surface area contributed by atoms with Gasteiger partial charge < -0.3 is 20.3 Å². The summed E-state index contributed by atoms with van der Waals surface area (Å²) in [5, 5.41) is 7.21. The number of carbonyl (C=O) groups is 4. The lowest BCUT2D eigenvalue weighted by atomic mass is 9.91. The van der Waals surface area contributed by atoms with Gasteiger partial charge in [-0.15, -0.1) is 11.3 Å². The normalized spacial score (nSPS) is 16.4. The molecule has 4 rings (SSSR count). The van der Waals surface area contributed by atoms with E-state index in [-0.39, 0.29) is 16.6 Å². The Balaban J connectivity index is 1.54. The van der Waals surface area contributed by atoms with E-state index in [4.69, 9.17) is 4.74 Å². The van der Waals surface area contributed by atoms with Crippen molar-refractivity contribution in [2.75, 3.05) is 31.6 Å². The number of aromatic nitrogens is 1. The molecule has 3 aromatic rings. The van der Waals surface area contributed by atoms with Gasteiger partial charge >= 0.3 is 6.03 Å². The number of ether oxygens (including phenoxy) is 1. The number of amides is 4. The number of hydrogen-bond donors (Lipinski definition) is 2. The average Bonchev–Trinajstić information content (AvgIpc) is 3.56. The second-order valence-corrected chi connectivity index (χ2v) is 10.6. The summed E-state index contributed by atoms with van der Waals surface area (Å²) in [5.74, 6) is -1.20. The van der Waals surface area contributed by atoms with Gasteiger partial charge in [-0.25, -0.2) is 14.7 Å². The fourth-order valence-electron chi connectivity index (χ4n) is 4.75. The van der Waals surface area contributed by atoms with Crippen molar-refractivity contribution in [3.05, 3.63) is 76.8 Å². The van der Waals surface area contributed by atoms with Crippen molar-refractivity contribution >= 4 is 40.1 Å². The Hall–Kier alpha value is -4.09. The molecule has 4 amide bonds. The molecular weight excluding hydrogens is 542 g/mol. The molecule has 2 aromatic carbocycles. The predicted octanol–water partition coefficient (Wildman–Crippen LogP) is 4.47. The second kappa shape index (κ2) is 13.5. The number of hydrogen-bond acceptors (Lipinski definition) is 8. The molecule has 3 atom stereocenters. The van der Waals surface area contributed by atoms with Crippen molar-refractivity contribution in [1.82, 2.24) is 20.1 Å². The molecule has 216 valence electrons. The molecule has 0 bridgehead atoms. The molecular formula is C30H35N5O5S. The highest BCUT2D eigenvalue weighted by Crippen LogP contribution is 2.32. The van der Waals surface area contributed by atoms with Crippen LogP contribution in [0.25, 0.3) is 0 Å². The molecule has 0 saturated carbocycles. The smallest absolute Gasteiger partial charge is 0.325 e. The summed E-state index contributed by atoms with van der Waals surface area (Å²) < 4.78 is 5.85. The van der Waals surface area contributed by atoms with E-state index in [0.717, 1.165) is 41.4 Å². The summed E-state index contributed by atoms with van der Waals surface area (Å²) in [6.07, 6.45) is 0. The fourth-order valence-corrected chi connectivity index (χ4v) is 5.50. The van der Waals surface area contributed by atoms with E-state index in [1.165, 1.54) is 6.92 Å². The third-order valence-corrected chi connectivity index (χ3v) is 7.95. The summed E-state index contributed by atoms with van der Waals surface area (Å²) in [4.78, 5) is 59.7. The van der Waals surface area contributed by atoms with Crippen LogP contribution in [0.2, 0.25) is 0 Å². The molecule has 0 spiro atoms. The number of Topliss-reactive ketones (excluding diaryl/α,β-unsaturated/α-hetero) is 1. The molecule has 2 heterocycles. The molecule has 10 nitrogen and oxygen atoms in total. The number of nitrogens with one attached hydrogen (secondary N) is 2. The zero-order valence-electron chi connectivity index (χ0n) is 23.6. The topological polar surface area (TPSA) is 121 Å². The zero-order valence-corrected chi connectivity index (χ0v) is 24.4. The van der Waals surface area contributed by atoms with Crippen LogP contribution in [0.5, 0.6) is 5.75 Å². The van der Waals surface area contributed by atoms with Crippen LogP contribution < -0.4 is 15.4 Å². The number of ketones is 1. The Bertz CT molecular complexity index is 1370. The lowest BCUT2D eigenvalue weighted by Gasteiger charge is -2.29. The van der Waals surface area contributed by atoms with Gasteiger partial charge in [0, 0.05) is 24.8 Å². The number of carbonyl (C=O) groups excluding carboxylic acids is 4. The van der Waals surface area contributed by atoms with Gasteiger partial charge in [-0.05, 0) is 36.3 Å². The first-order chi connectivity index (χ1) is 19.7. The van der Waals surface area contributed by atoms with Gasteiger partial charge in [0.2, 0.25) is 5.91 Å². The van der Waals surface area contributed by atoms with Crippen LogP contribution in [0.4, 0.5) is 9.93 Å². The quantitative estimate of drug-likeness (QED) is 0.227. The van der Waals surface area contributed by atoms with Crippen molar-refractivity contribution in [3.63, 3.8) is 0 Å². The van der Waals surface area contributed by atoms with Gasteiger partial charge in [0.1, 0.15) is 30.1 Å². The first kappa shape index (κ1) is 29.9. The average molecular weight is 578 g/mol. The van der Waals surface area contributed by atoms with Crippen LogP contribution in [0.15, 0.2) is 60.0 Å². The maximum atomic E-state index is 13.7. The number of imide groups is 1. The van der Waals surface area contributed by atoms with Gasteiger partial charge in [-0.2, -0.15) is 0 Å². The van der Waals surface area contributed by atoms with Crippen LogP contribution in [0.3, 0.4) is 0 Å². The van der Waals surface area contributed by atoms with Crippen LogP contribution >= 0.6 is 11.3 Å². The minimum absolute atomic E-state index is 0.214. The highest BCUT2D eigenvalue weighted by Gasteiger charge is 2.47. The van der Waals surface area contributed by atoms with E-state index >= 15 is 0 Å². The standard InChI is InChI=1S/C30H35N5O5S/c1-5-34(6-2)16-17-40-23-14-12-22(13-15-23)25-28(38)35(30(39)32-25)26(19(3)21-10-8-7-9-11-21)27(37)33-29-31-24(18-41-29)20(4)36/h7-15,18-19,25-26H,5-6,16-17H2,1-4H3,(H,32,39)(H,31,33,37)/t19-,25?,26-/m0/s1. The van der Waals surface area contributed by atoms with Crippen LogP contribution in [-0.2, 0) is 9.59 Å².